The van der Waals surface area contributed by atoms with Gasteiger partial charge in [0.1, 0.15) is 0 Å². The second-order valence-electron chi connectivity index (χ2n) is 9.28. The monoisotopic (exact) mass is 496 g/mol. The van der Waals surface area contributed by atoms with Crippen LogP contribution >= 0.6 is 23.2 Å². The zero-order chi connectivity index (χ0) is 24.3. The Bertz CT molecular complexity index is 1070. The second-order valence-corrected chi connectivity index (χ2v) is 10.2. The molecular weight excluding hydrogens is 467 g/mol. The maximum absolute atomic E-state index is 14.1. The molecule has 2 atom stereocenters. The van der Waals surface area contributed by atoms with E-state index in [9.17, 15) is 9.90 Å². The van der Waals surface area contributed by atoms with Gasteiger partial charge in [0, 0.05) is 29.7 Å². The van der Waals surface area contributed by atoms with E-state index < -0.39 is 5.41 Å². The summed E-state index contributed by atoms with van der Waals surface area (Å²) in [7, 11) is 0. The zero-order valence-corrected chi connectivity index (χ0v) is 21.0. The molecule has 0 saturated carbocycles. The minimum Gasteiger partial charge on any atom is -0.392 e. The smallest absolute Gasteiger partial charge is 0.235 e. The van der Waals surface area contributed by atoms with Crippen LogP contribution in [0.15, 0.2) is 72.8 Å². The summed E-state index contributed by atoms with van der Waals surface area (Å²) in [5.74, 6) is -0.109. The molecule has 0 spiro atoms. The van der Waals surface area contributed by atoms with Crippen molar-refractivity contribution in [3.05, 3.63) is 105 Å². The third-order valence-corrected chi connectivity index (χ3v) is 7.27. The number of halogens is 2. The van der Waals surface area contributed by atoms with Gasteiger partial charge in [0.15, 0.2) is 0 Å². The van der Waals surface area contributed by atoms with Crippen molar-refractivity contribution in [2.24, 2.45) is 0 Å². The van der Waals surface area contributed by atoms with Crippen LogP contribution in [0.3, 0.4) is 0 Å². The molecule has 1 saturated heterocycles. The van der Waals surface area contributed by atoms with E-state index in [0.29, 0.717) is 23.1 Å². The van der Waals surface area contributed by atoms with E-state index in [4.69, 9.17) is 23.2 Å². The predicted octanol–water partition coefficient (Wildman–Crippen LogP) is 5.53. The molecule has 1 aliphatic rings. The number of aliphatic hydroxyl groups is 1. The Morgan fingerprint density at radius 1 is 1.00 bits per heavy atom. The molecule has 4 rings (SSSR count). The van der Waals surface area contributed by atoms with Gasteiger partial charge >= 0.3 is 0 Å². The van der Waals surface area contributed by atoms with Crippen molar-refractivity contribution in [2.75, 3.05) is 19.6 Å². The lowest BCUT2D eigenvalue weighted by atomic mass is 9.75. The van der Waals surface area contributed by atoms with Crippen LogP contribution in [0.25, 0.3) is 0 Å². The van der Waals surface area contributed by atoms with Crippen molar-refractivity contribution in [1.29, 1.82) is 0 Å². The number of aliphatic hydroxyl groups excluding tert-OH is 1. The molecular formula is C28H30Cl2N2O2. The van der Waals surface area contributed by atoms with Crippen LogP contribution in [0.4, 0.5) is 0 Å². The Morgan fingerprint density at radius 2 is 1.53 bits per heavy atom. The fourth-order valence-electron chi connectivity index (χ4n) is 4.57. The van der Waals surface area contributed by atoms with Crippen molar-refractivity contribution in [3.8, 4) is 0 Å². The number of carbonyl (C=O) groups excluding carboxylic acids is 1. The lowest BCUT2D eigenvalue weighted by Gasteiger charge is -2.33. The topological polar surface area (TPSA) is 52.6 Å². The molecule has 1 fully saturated rings. The Morgan fingerprint density at radius 3 is 2.00 bits per heavy atom. The molecule has 2 N–H and O–H groups in total. The van der Waals surface area contributed by atoms with E-state index in [1.165, 1.54) is 0 Å². The van der Waals surface area contributed by atoms with Gasteiger partial charge < -0.3 is 10.4 Å². The summed E-state index contributed by atoms with van der Waals surface area (Å²) in [6.07, 6.45) is 0.435. The van der Waals surface area contributed by atoms with Gasteiger partial charge in [-0.1, -0.05) is 77.3 Å². The molecule has 1 heterocycles. The summed E-state index contributed by atoms with van der Waals surface area (Å²) in [4.78, 5) is 16.3. The third kappa shape index (κ3) is 5.47. The molecule has 0 aromatic heterocycles. The number of amides is 1. The Hall–Kier alpha value is -2.37. The van der Waals surface area contributed by atoms with Gasteiger partial charge in [0.05, 0.1) is 17.6 Å². The number of hydrogen-bond donors (Lipinski definition) is 2. The van der Waals surface area contributed by atoms with E-state index in [1.807, 2.05) is 38.1 Å². The highest BCUT2D eigenvalue weighted by molar-refractivity contribution is 6.30. The average Bonchev–Trinajstić information content (AvgIpc) is 3.24. The molecule has 4 nitrogen and oxygen atoms in total. The summed E-state index contributed by atoms with van der Waals surface area (Å²) in [5.41, 5.74) is 2.93. The number of hydrogen-bond acceptors (Lipinski definition) is 3. The normalized spacial score (nSPS) is 17.5. The van der Waals surface area contributed by atoms with E-state index in [1.54, 1.807) is 24.3 Å². The standard InChI is InChI=1S/C28H30Cl2N2O2/c1-19-3-5-20(6-4-19)26(18-32-16-15-25(33)17-32)31-27(34)28(2,21-7-11-23(29)12-8-21)22-9-13-24(30)14-10-22/h3-14,25-26,33H,15-18H2,1-2H3,(H,31,34)/t25?,26-/m1/s1. The van der Waals surface area contributed by atoms with E-state index >= 15 is 0 Å². The number of likely N-dealkylation sites (tertiary alicyclic amines) is 1. The van der Waals surface area contributed by atoms with Crippen LogP contribution in [0, 0.1) is 6.92 Å². The number of nitrogens with one attached hydrogen (secondary N) is 1. The predicted molar refractivity (Wildman–Crippen MR) is 138 cm³/mol. The van der Waals surface area contributed by atoms with Crippen LogP contribution in [-0.2, 0) is 10.2 Å². The molecule has 0 aliphatic carbocycles. The van der Waals surface area contributed by atoms with E-state index in [2.05, 4.69) is 34.5 Å². The summed E-state index contributed by atoms with van der Waals surface area (Å²) in [6.45, 7) is 6.03. The van der Waals surface area contributed by atoms with Crippen LogP contribution < -0.4 is 5.32 Å². The molecule has 0 bridgehead atoms. The zero-order valence-electron chi connectivity index (χ0n) is 19.5. The molecule has 0 radical (unpaired) electrons. The molecule has 6 heteroatoms. The van der Waals surface area contributed by atoms with E-state index in [-0.39, 0.29) is 18.1 Å². The number of benzene rings is 3. The first-order valence-electron chi connectivity index (χ1n) is 11.6. The minimum absolute atomic E-state index is 0.109. The lowest BCUT2D eigenvalue weighted by Crippen LogP contribution is -2.47. The SMILES string of the molecule is Cc1ccc([C@@H](CN2CCC(O)C2)NC(=O)C(C)(c2ccc(Cl)cc2)c2ccc(Cl)cc2)cc1. The highest BCUT2D eigenvalue weighted by atomic mass is 35.5. The largest absolute Gasteiger partial charge is 0.392 e. The van der Waals surface area contributed by atoms with Crippen LogP contribution in [-0.4, -0.2) is 41.7 Å². The third-order valence-electron chi connectivity index (χ3n) is 6.77. The maximum atomic E-state index is 14.1. The Labute approximate surface area is 211 Å². The minimum atomic E-state index is -0.956. The molecule has 34 heavy (non-hydrogen) atoms. The van der Waals surface area contributed by atoms with Gasteiger partial charge in [-0.05, 0) is 61.2 Å². The highest BCUT2D eigenvalue weighted by Crippen LogP contribution is 2.35. The number of aryl methyl sites for hydroxylation is 1. The molecule has 1 amide bonds. The van der Waals surface area contributed by atoms with Gasteiger partial charge in [0.25, 0.3) is 0 Å². The molecule has 1 unspecified atom stereocenters. The van der Waals surface area contributed by atoms with Gasteiger partial charge in [-0.2, -0.15) is 0 Å². The quantitative estimate of drug-likeness (QED) is 0.451. The summed E-state index contributed by atoms with van der Waals surface area (Å²) in [6, 6.07) is 22.8. The van der Waals surface area contributed by atoms with E-state index in [0.717, 1.165) is 35.2 Å². The number of nitrogens with zero attached hydrogens (tertiary/aromatic N) is 1. The van der Waals surface area contributed by atoms with Crippen LogP contribution in [0.5, 0.6) is 0 Å². The summed E-state index contributed by atoms with van der Waals surface area (Å²) < 4.78 is 0. The number of β-amino-alcohol motifs (C(OH)–C–C–N with tert-alkyl or cyclic N) is 1. The van der Waals surface area contributed by atoms with Gasteiger partial charge in [-0.3, -0.25) is 9.69 Å². The van der Waals surface area contributed by atoms with Crippen molar-refractivity contribution in [1.82, 2.24) is 10.2 Å². The first-order chi connectivity index (χ1) is 16.3. The first-order valence-corrected chi connectivity index (χ1v) is 12.3. The molecule has 178 valence electrons. The van der Waals surface area contributed by atoms with Gasteiger partial charge in [-0.15, -0.1) is 0 Å². The highest BCUT2D eigenvalue weighted by Gasteiger charge is 2.39. The first kappa shape index (κ1) is 24.7. The fourth-order valence-corrected chi connectivity index (χ4v) is 4.82. The van der Waals surface area contributed by atoms with Crippen molar-refractivity contribution < 1.29 is 9.90 Å². The lowest BCUT2D eigenvalue weighted by molar-refractivity contribution is -0.125. The number of rotatable bonds is 7. The summed E-state index contributed by atoms with van der Waals surface area (Å²) >= 11 is 12.3. The van der Waals surface area contributed by atoms with Gasteiger partial charge in [0.2, 0.25) is 5.91 Å². The van der Waals surface area contributed by atoms with Gasteiger partial charge in [-0.25, -0.2) is 0 Å². The fraction of sp³-hybridized carbons (Fsp3) is 0.321. The van der Waals surface area contributed by atoms with Crippen molar-refractivity contribution >= 4 is 29.1 Å². The van der Waals surface area contributed by atoms with Crippen LogP contribution in [0.2, 0.25) is 10.0 Å². The molecule has 3 aromatic rings. The molecule has 3 aromatic carbocycles. The Balaban J connectivity index is 1.69. The number of carbonyl (C=O) groups is 1. The average molecular weight is 497 g/mol. The molecule has 1 aliphatic heterocycles. The second kappa shape index (κ2) is 10.5. The maximum Gasteiger partial charge on any atom is 0.235 e. The Kier molecular flexibility index (Phi) is 7.63. The van der Waals surface area contributed by atoms with Crippen molar-refractivity contribution in [2.45, 2.75) is 37.8 Å². The van der Waals surface area contributed by atoms with Crippen LogP contribution in [0.1, 0.15) is 41.6 Å². The summed E-state index contributed by atoms with van der Waals surface area (Å²) in [5, 5.41) is 14.6. The van der Waals surface area contributed by atoms with Crippen molar-refractivity contribution in [3.63, 3.8) is 0 Å².